The van der Waals surface area contributed by atoms with Gasteiger partial charge in [0, 0.05) is 20.2 Å². The fourth-order valence-corrected chi connectivity index (χ4v) is 5.18. The molecule has 3 atom stereocenters. The predicted molar refractivity (Wildman–Crippen MR) is 134 cm³/mol. The van der Waals surface area contributed by atoms with Crippen molar-refractivity contribution in [2.45, 2.75) is 56.0 Å². The molecule has 1 aromatic carbocycles. The first-order valence-corrected chi connectivity index (χ1v) is 12.7. The van der Waals surface area contributed by atoms with Gasteiger partial charge in [-0.15, -0.1) is 0 Å². The highest BCUT2D eigenvalue weighted by molar-refractivity contribution is 6.03. The normalized spacial score (nSPS) is 22.7. The molecule has 1 aliphatic carbocycles. The van der Waals surface area contributed by atoms with Crippen LogP contribution < -0.4 is 11.1 Å². The molecule has 3 heterocycles. The lowest BCUT2D eigenvalue weighted by atomic mass is 9.74. The summed E-state index contributed by atoms with van der Waals surface area (Å²) in [6, 6.07) is 3.62. The number of carbonyl (C=O) groups is 1. The van der Waals surface area contributed by atoms with Gasteiger partial charge in [-0.1, -0.05) is 0 Å². The van der Waals surface area contributed by atoms with Crippen molar-refractivity contribution in [1.29, 1.82) is 0 Å². The Labute approximate surface area is 222 Å². The Morgan fingerprint density at radius 3 is 2.54 bits per heavy atom. The quantitative estimate of drug-likeness (QED) is 0.434. The lowest BCUT2D eigenvalue weighted by Crippen LogP contribution is -2.36. The van der Waals surface area contributed by atoms with Crippen LogP contribution in [0, 0.1) is 17.5 Å². The first-order chi connectivity index (χ1) is 18.6. The molecule has 2 aliphatic rings. The summed E-state index contributed by atoms with van der Waals surface area (Å²) in [5.41, 5.74) is 4.56. The second kappa shape index (κ2) is 10.7. The number of methoxy groups -OCH3 is 1. The average Bonchev–Trinajstić information content (AvgIpc) is 3.14. The monoisotopic (exact) mass is 547 g/mol. The molecular formula is C27H29F4N5O3. The molecule has 0 unspecified atom stereocenters. The number of pyridine rings is 1. The maximum Gasteiger partial charge on any atom is 0.274 e. The van der Waals surface area contributed by atoms with Crippen molar-refractivity contribution in [2.75, 3.05) is 19.0 Å². The number of aromatic nitrogens is 3. The number of hydrogen-bond acceptors (Lipinski definition) is 6. The van der Waals surface area contributed by atoms with Crippen LogP contribution in [0.25, 0.3) is 11.3 Å². The molecule has 0 bridgehead atoms. The van der Waals surface area contributed by atoms with E-state index in [2.05, 4.69) is 15.4 Å². The van der Waals surface area contributed by atoms with Crippen molar-refractivity contribution < 1.29 is 31.8 Å². The molecule has 12 heteroatoms. The summed E-state index contributed by atoms with van der Waals surface area (Å²) >= 11 is 0. The minimum Gasteiger partial charge on any atom is -0.374 e. The van der Waals surface area contributed by atoms with Crippen LogP contribution in [0.15, 0.2) is 30.5 Å². The maximum absolute atomic E-state index is 15.2. The van der Waals surface area contributed by atoms with Crippen LogP contribution in [0.5, 0.6) is 0 Å². The summed E-state index contributed by atoms with van der Waals surface area (Å²) < 4.78 is 71.8. The van der Waals surface area contributed by atoms with Crippen LogP contribution in [0.4, 0.5) is 23.2 Å². The highest BCUT2D eigenvalue weighted by Crippen LogP contribution is 2.45. The number of aryl methyl sites for hydroxylation is 1. The van der Waals surface area contributed by atoms with E-state index >= 15 is 8.78 Å². The minimum atomic E-state index is -1.31. The number of halogens is 4. The van der Waals surface area contributed by atoms with Crippen LogP contribution in [-0.4, -0.2) is 46.6 Å². The van der Waals surface area contributed by atoms with Crippen molar-refractivity contribution in [3.8, 4) is 11.3 Å². The van der Waals surface area contributed by atoms with Gasteiger partial charge in [-0.2, -0.15) is 5.10 Å². The molecule has 208 valence electrons. The lowest BCUT2D eigenvalue weighted by molar-refractivity contribution is -0.0782. The molecule has 0 spiro atoms. The SMILES string of the molecule is COC1(c2cc(F)c(-c3nc(C(=O)Nc4cnn(C)c4[C@@H]4CC[C@@H](N)[C@@H](F)CO4)ccc3F)c(F)c2)CCC1. The average molecular weight is 548 g/mol. The largest absolute Gasteiger partial charge is 0.374 e. The first-order valence-electron chi connectivity index (χ1n) is 12.7. The highest BCUT2D eigenvalue weighted by atomic mass is 19.1. The van der Waals surface area contributed by atoms with Crippen molar-refractivity contribution in [3.05, 3.63) is 64.9 Å². The first kappa shape index (κ1) is 27.2. The number of nitrogens with zero attached hydrogens (tertiary/aromatic N) is 3. The van der Waals surface area contributed by atoms with Gasteiger partial charge in [0.15, 0.2) is 0 Å². The van der Waals surface area contributed by atoms with Gasteiger partial charge < -0.3 is 20.5 Å². The maximum atomic E-state index is 15.2. The number of nitrogens with one attached hydrogen (secondary N) is 1. The van der Waals surface area contributed by atoms with E-state index in [-0.39, 0.29) is 18.0 Å². The zero-order valence-corrected chi connectivity index (χ0v) is 21.5. The molecule has 0 radical (unpaired) electrons. The van der Waals surface area contributed by atoms with E-state index in [0.29, 0.717) is 36.9 Å². The summed E-state index contributed by atoms with van der Waals surface area (Å²) in [5.74, 6) is -3.78. The molecular weight excluding hydrogens is 518 g/mol. The highest BCUT2D eigenvalue weighted by Gasteiger charge is 2.40. The number of nitrogens with two attached hydrogens (primary N) is 1. The Balaban J connectivity index is 1.42. The van der Waals surface area contributed by atoms with E-state index in [1.54, 1.807) is 7.05 Å². The summed E-state index contributed by atoms with van der Waals surface area (Å²) in [4.78, 5) is 17.1. The van der Waals surface area contributed by atoms with Crippen LogP contribution in [0.1, 0.15) is 60.0 Å². The van der Waals surface area contributed by atoms with Crippen molar-refractivity contribution in [2.24, 2.45) is 12.8 Å². The number of carbonyl (C=O) groups excluding carboxylic acids is 1. The van der Waals surface area contributed by atoms with Gasteiger partial charge >= 0.3 is 0 Å². The number of anilines is 1. The van der Waals surface area contributed by atoms with Crippen molar-refractivity contribution in [3.63, 3.8) is 0 Å². The molecule has 39 heavy (non-hydrogen) atoms. The lowest BCUT2D eigenvalue weighted by Gasteiger charge is -2.41. The van der Waals surface area contributed by atoms with E-state index in [1.807, 2.05) is 0 Å². The third-order valence-electron chi connectivity index (χ3n) is 7.66. The Morgan fingerprint density at radius 1 is 1.18 bits per heavy atom. The van der Waals surface area contributed by atoms with E-state index in [1.165, 1.54) is 18.0 Å². The second-order valence-corrected chi connectivity index (χ2v) is 9.99. The zero-order valence-electron chi connectivity index (χ0n) is 21.5. The van der Waals surface area contributed by atoms with Gasteiger partial charge in [-0.05, 0) is 61.9 Å². The van der Waals surface area contributed by atoms with Crippen LogP contribution in [0.3, 0.4) is 0 Å². The predicted octanol–water partition coefficient (Wildman–Crippen LogP) is 4.69. The van der Waals surface area contributed by atoms with Gasteiger partial charge in [0.2, 0.25) is 0 Å². The van der Waals surface area contributed by atoms with Gasteiger partial charge in [0.25, 0.3) is 5.91 Å². The molecule has 5 rings (SSSR count). The topological polar surface area (TPSA) is 104 Å². The molecule has 1 amide bonds. The number of ether oxygens (including phenoxy) is 2. The molecule has 2 aromatic heterocycles. The zero-order chi connectivity index (χ0) is 27.9. The van der Waals surface area contributed by atoms with Crippen LogP contribution >= 0.6 is 0 Å². The molecule has 3 N–H and O–H groups in total. The molecule has 3 aromatic rings. The van der Waals surface area contributed by atoms with E-state index < -0.39 is 58.5 Å². The van der Waals surface area contributed by atoms with Gasteiger partial charge in [-0.3, -0.25) is 9.48 Å². The van der Waals surface area contributed by atoms with Gasteiger partial charge in [0.05, 0.1) is 35.3 Å². The molecule has 8 nitrogen and oxygen atoms in total. The minimum absolute atomic E-state index is 0.200. The van der Waals surface area contributed by atoms with E-state index in [0.717, 1.165) is 30.7 Å². The second-order valence-electron chi connectivity index (χ2n) is 9.99. The third kappa shape index (κ3) is 5.04. The summed E-state index contributed by atoms with van der Waals surface area (Å²) in [6.45, 7) is -0.200. The molecule has 1 saturated carbocycles. The molecule has 1 saturated heterocycles. The van der Waals surface area contributed by atoms with Crippen LogP contribution in [0.2, 0.25) is 0 Å². The summed E-state index contributed by atoms with van der Waals surface area (Å²) in [7, 11) is 3.13. The smallest absolute Gasteiger partial charge is 0.274 e. The summed E-state index contributed by atoms with van der Waals surface area (Å²) in [5, 5.41) is 6.81. The van der Waals surface area contributed by atoms with E-state index in [4.69, 9.17) is 15.2 Å². The fourth-order valence-electron chi connectivity index (χ4n) is 5.18. The molecule has 2 fully saturated rings. The number of hydrogen-bond donors (Lipinski definition) is 2. The van der Waals surface area contributed by atoms with Crippen molar-refractivity contribution in [1.82, 2.24) is 14.8 Å². The third-order valence-corrected chi connectivity index (χ3v) is 7.66. The van der Waals surface area contributed by atoms with Crippen molar-refractivity contribution >= 4 is 11.6 Å². The Bertz CT molecular complexity index is 1350. The standard InChI is InChI=1S/C27H29F4N5O3/c1-36-25(22-7-5-19(32)18(31)13-39-22)21(12-33-36)35-26(37)20-6-4-15(28)24(34-20)23-16(29)10-14(11-17(23)30)27(38-2)8-3-9-27/h4,6,10-12,18-19,22H,3,5,7-9,13,32H2,1-2H3,(H,35,37)/t18-,19+,22-/m0/s1. The Kier molecular flexibility index (Phi) is 7.45. The number of rotatable bonds is 6. The van der Waals surface area contributed by atoms with E-state index in [9.17, 15) is 13.6 Å². The molecule has 1 aliphatic heterocycles. The Hall–Kier alpha value is -3.35. The van der Waals surface area contributed by atoms with Gasteiger partial charge in [0.1, 0.15) is 41.1 Å². The fraction of sp³-hybridized carbons (Fsp3) is 0.444. The number of amides is 1. The summed E-state index contributed by atoms with van der Waals surface area (Å²) in [6.07, 6.45) is 2.37. The van der Waals surface area contributed by atoms with Crippen LogP contribution in [-0.2, 0) is 22.1 Å². The number of alkyl halides is 1. The van der Waals surface area contributed by atoms with Gasteiger partial charge in [-0.25, -0.2) is 22.5 Å². The number of benzene rings is 1. The Morgan fingerprint density at radius 2 is 1.90 bits per heavy atom.